The van der Waals surface area contributed by atoms with Crippen molar-refractivity contribution in [3.05, 3.63) is 70.3 Å². The van der Waals surface area contributed by atoms with Crippen molar-refractivity contribution >= 4 is 22.9 Å². The number of carbonyl (C=O) groups excluding carboxylic acids is 1. The Labute approximate surface area is 199 Å². The number of hydrogen-bond donors (Lipinski definition) is 1. The molecule has 1 saturated heterocycles. The normalized spacial score (nSPS) is 15.3. The quantitative estimate of drug-likeness (QED) is 0.505. The van der Waals surface area contributed by atoms with E-state index in [2.05, 4.69) is 46.3 Å². The molecule has 1 N–H and O–H groups in total. The Morgan fingerprint density at radius 3 is 2.55 bits per heavy atom. The molecule has 5 nitrogen and oxygen atoms in total. The topological polar surface area (TPSA) is 48.5 Å². The molecule has 1 amide bonds. The smallest absolute Gasteiger partial charge is 0.238 e. The van der Waals surface area contributed by atoms with Gasteiger partial charge in [-0.15, -0.1) is 11.3 Å². The van der Waals surface area contributed by atoms with Crippen LogP contribution >= 0.6 is 11.3 Å². The third-order valence-electron chi connectivity index (χ3n) is 5.82. The molecule has 33 heavy (non-hydrogen) atoms. The number of anilines is 1. The van der Waals surface area contributed by atoms with Gasteiger partial charge in [-0.1, -0.05) is 55.8 Å². The van der Waals surface area contributed by atoms with Gasteiger partial charge in [0.1, 0.15) is 10.8 Å². The molecule has 0 aliphatic carbocycles. The van der Waals surface area contributed by atoms with Crippen molar-refractivity contribution in [2.45, 2.75) is 32.7 Å². The van der Waals surface area contributed by atoms with E-state index in [0.717, 1.165) is 62.7 Å². The molecule has 1 aromatic heterocycles. The number of carbonyl (C=O) groups is 1. The van der Waals surface area contributed by atoms with Crippen LogP contribution in [-0.4, -0.2) is 53.4 Å². The Hall–Kier alpha value is -2.61. The maximum Gasteiger partial charge on any atom is 0.238 e. The molecule has 0 atom stereocenters. The molecule has 1 aliphatic rings. The van der Waals surface area contributed by atoms with E-state index in [1.54, 1.807) is 18.2 Å². The SMILES string of the molecule is CCCc1sc(CN2CCCN(CC(=O)Nc3ccccc3F)CC2)nc1-c1ccccc1. The third-order valence-corrected chi connectivity index (χ3v) is 6.92. The average molecular weight is 467 g/mol. The standard InChI is InChI=1S/C26H31FN4OS/c1-2-9-23-26(20-10-4-3-5-11-20)29-25(33-23)19-31-15-8-14-30(16-17-31)18-24(32)28-22-13-7-6-12-21(22)27/h3-7,10-13H,2,8-9,14-19H2,1H3,(H,28,32). The summed E-state index contributed by atoms with van der Waals surface area (Å²) in [5.41, 5.74) is 2.55. The Morgan fingerprint density at radius 2 is 1.76 bits per heavy atom. The number of para-hydroxylation sites is 1. The molecule has 174 valence electrons. The molecule has 0 bridgehead atoms. The van der Waals surface area contributed by atoms with Crippen molar-refractivity contribution in [1.29, 1.82) is 0 Å². The molecule has 1 aliphatic heterocycles. The summed E-state index contributed by atoms with van der Waals surface area (Å²) in [6.07, 6.45) is 3.15. The zero-order chi connectivity index (χ0) is 23.0. The monoisotopic (exact) mass is 466 g/mol. The lowest BCUT2D eigenvalue weighted by Crippen LogP contribution is -2.36. The number of thiazole rings is 1. The van der Waals surface area contributed by atoms with E-state index < -0.39 is 5.82 Å². The maximum atomic E-state index is 13.8. The van der Waals surface area contributed by atoms with Crippen LogP contribution < -0.4 is 5.32 Å². The van der Waals surface area contributed by atoms with Crippen molar-refractivity contribution in [3.8, 4) is 11.3 Å². The summed E-state index contributed by atoms with van der Waals surface area (Å²) >= 11 is 1.83. The first-order valence-electron chi connectivity index (χ1n) is 11.7. The van der Waals surface area contributed by atoms with Gasteiger partial charge >= 0.3 is 0 Å². The van der Waals surface area contributed by atoms with Gasteiger partial charge in [0.25, 0.3) is 0 Å². The highest BCUT2D eigenvalue weighted by molar-refractivity contribution is 7.12. The molecule has 2 heterocycles. The Kier molecular flexibility index (Phi) is 8.20. The minimum absolute atomic E-state index is 0.176. The summed E-state index contributed by atoms with van der Waals surface area (Å²) in [5, 5.41) is 3.84. The van der Waals surface area contributed by atoms with E-state index >= 15 is 0 Å². The number of nitrogens with zero attached hydrogens (tertiary/aromatic N) is 3. The van der Waals surface area contributed by atoms with Gasteiger partial charge in [-0.25, -0.2) is 9.37 Å². The molecule has 1 fully saturated rings. The second-order valence-corrected chi connectivity index (χ2v) is 9.60. The van der Waals surface area contributed by atoms with Crippen LogP contribution in [0.5, 0.6) is 0 Å². The van der Waals surface area contributed by atoms with E-state index in [1.165, 1.54) is 16.5 Å². The first-order valence-corrected chi connectivity index (χ1v) is 12.5. The van der Waals surface area contributed by atoms with E-state index in [9.17, 15) is 9.18 Å². The van der Waals surface area contributed by atoms with Crippen molar-refractivity contribution in [3.63, 3.8) is 0 Å². The van der Waals surface area contributed by atoms with E-state index in [1.807, 2.05) is 17.4 Å². The average Bonchev–Trinajstić information content (AvgIpc) is 3.08. The number of aromatic nitrogens is 1. The highest BCUT2D eigenvalue weighted by Gasteiger charge is 2.20. The largest absolute Gasteiger partial charge is 0.322 e. The van der Waals surface area contributed by atoms with Gasteiger partial charge in [0.2, 0.25) is 5.91 Å². The van der Waals surface area contributed by atoms with Gasteiger partial charge in [0.05, 0.1) is 24.5 Å². The summed E-state index contributed by atoms with van der Waals surface area (Å²) < 4.78 is 13.8. The van der Waals surface area contributed by atoms with Crippen LogP contribution in [0.4, 0.5) is 10.1 Å². The van der Waals surface area contributed by atoms with Crippen molar-refractivity contribution < 1.29 is 9.18 Å². The Bertz CT molecular complexity index is 1060. The van der Waals surface area contributed by atoms with Crippen LogP contribution in [0.3, 0.4) is 0 Å². The van der Waals surface area contributed by atoms with Gasteiger partial charge in [-0.05, 0) is 38.1 Å². The first kappa shape index (κ1) is 23.5. The summed E-state index contributed by atoms with van der Waals surface area (Å²) in [6.45, 7) is 6.85. The summed E-state index contributed by atoms with van der Waals surface area (Å²) in [5.74, 6) is -0.584. The highest BCUT2D eigenvalue weighted by atomic mass is 32.1. The zero-order valence-electron chi connectivity index (χ0n) is 19.1. The fraction of sp³-hybridized carbons (Fsp3) is 0.385. The van der Waals surface area contributed by atoms with E-state index in [0.29, 0.717) is 0 Å². The third kappa shape index (κ3) is 6.47. The molecular weight excluding hydrogens is 435 g/mol. The van der Waals surface area contributed by atoms with Crippen LogP contribution in [0.25, 0.3) is 11.3 Å². The zero-order valence-corrected chi connectivity index (χ0v) is 19.9. The molecule has 3 aromatic rings. The van der Waals surface area contributed by atoms with Crippen molar-refractivity contribution in [1.82, 2.24) is 14.8 Å². The lowest BCUT2D eigenvalue weighted by atomic mass is 10.1. The molecule has 4 rings (SSSR count). The van der Waals surface area contributed by atoms with Gasteiger partial charge in [-0.3, -0.25) is 14.6 Å². The van der Waals surface area contributed by atoms with E-state index in [4.69, 9.17) is 4.98 Å². The van der Waals surface area contributed by atoms with Crippen LogP contribution in [0, 0.1) is 5.82 Å². The molecule has 0 radical (unpaired) electrons. The van der Waals surface area contributed by atoms with Gasteiger partial charge in [-0.2, -0.15) is 0 Å². The number of hydrogen-bond acceptors (Lipinski definition) is 5. The molecule has 0 saturated carbocycles. The predicted octanol–water partition coefficient (Wildman–Crippen LogP) is 5.05. The first-order chi connectivity index (χ1) is 16.1. The number of aryl methyl sites for hydroxylation is 1. The van der Waals surface area contributed by atoms with Gasteiger partial charge in [0, 0.05) is 23.5 Å². The second-order valence-electron chi connectivity index (χ2n) is 8.43. The van der Waals surface area contributed by atoms with Crippen molar-refractivity contribution in [2.75, 3.05) is 38.0 Å². The molecule has 2 aromatic carbocycles. The number of rotatable bonds is 8. The molecule has 0 spiro atoms. The van der Waals surface area contributed by atoms with E-state index in [-0.39, 0.29) is 18.1 Å². The van der Waals surface area contributed by atoms with Crippen LogP contribution in [-0.2, 0) is 17.8 Å². The second kappa shape index (κ2) is 11.5. The van der Waals surface area contributed by atoms with Crippen LogP contribution in [0.2, 0.25) is 0 Å². The minimum Gasteiger partial charge on any atom is -0.322 e. The summed E-state index contributed by atoms with van der Waals surface area (Å²) in [7, 11) is 0. The number of nitrogens with one attached hydrogen (secondary N) is 1. The van der Waals surface area contributed by atoms with Gasteiger partial charge in [0.15, 0.2) is 0 Å². The molecule has 0 unspecified atom stereocenters. The fourth-order valence-corrected chi connectivity index (χ4v) is 5.41. The minimum atomic E-state index is -0.409. The fourth-order valence-electron chi connectivity index (χ4n) is 4.17. The number of halogens is 1. The maximum absolute atomic E-state index is 13.8. The van der Waals surface area contributed by atoms with Crippen LogP contribution in [0.15, 0.2) is 54.6 Å². The Balaban J connectivity index is 1.34. The molecular formula is C26H31FN4OS. The van der Waals surface area contributed by atoms with Crippen LogP contribution in [0.1, 0.15) is 29.7 Å². The predicted molar refractivity (Wildman–Crippen MR) is 133 cm³/mol. The number of amides is 1. The van der Waals surface area contributed by atoms with Gasteiger partial charge < -0.3 is 5.32 Å². The Morgan fingerprint density at radius 1 is 1.03 bits per heavy atom. The summed E-state index contributed by atoms with van der Waals surface area (Å²) in [4.78, 5) is 23.4. The lowest BCUT2D eigenvalue weighted by molar-refractivity contribution is -0.117. The number of benzene rings is 2. The summed E-state index contributed by atoms with van der Waals surface area (Å²) in [6, 6.07) is 16.7. The highest BCUT2D eigenvalue weighted by Crippen LogP contribution is 2.30. The molecule has 7 heteroatoms. The lowest BCUT2D eigenvalue weighted by Gasteiger charge is -2.20. The van der Waals surface area contributed by atoms with Crippen molar-refractivity contribution in [2.24, 2.45) is 0 Å².